The predicted molar refractivity (Wildman–Crippen MR) is 84.3 cm³/mol. The molecule has 3 heteroatoms. The summed E-state index contributed by atoms with van der Waals surface area (Å²) in [5.41, 5.74) is 3.45. The van der Waals surface area contributed by atoms with Crippen LogP contribution >= 0.6 is 0 Å². The number of carbonyl (C=O) groups is 1. The molecule has 3 nitrogen and oxygen atoms in total. The molecular formula is C17H27NO2. The third-order valence-corrected chi connectivity index (χ3v) is 3.71. The quantitative estimate of drug-likeness (QED) is 0.760. The largest absolute Gasteiger partial charge is 0.383 e. The molecule has 0 spiro atoms. The number of amides is 1. The van der Waals surface area contributed by atoms with Crippen molar-refractivity contribution in [1.29, 1.82) is 0 Å². The van der Waals surface area contributed by atoms with Crippen LogP contribution < -0.4 is 4.90 Å². The molecule has 0 saturated carbocycles. The standard InChI is InChI=1S/C17H27NO2/c1-6-14-11-9-10-13(4)17(14)18(16(19)8-3)15(7-2)12-20-5/h9-11,15H,6-8,12H2,1-5H3. The fourth-order valence-electron chi connectivity index (χ4n) is 2.60. The van der Waals surface area contributed by atoms with Crippen molar-refractivity contribution in [3.8, 4) is 0 Å². The van der Waals surface area contributed by atoms with Crippen molar-refractivity contribution in [1.82, 2.24) is 0 Å². The molecule has 0 bridgehead atoms. The van der Waals surface area contributed by atoms with E-state index in [9.17, 15) is 4.79 Å². The van der Waals surface area contributed by atoms with Crippen LogP contribution in [0.2, 0.25) is 0 Å². The summed E-state index contributed by atoms with van der Waals surface area (Å²) in [6, 6.07) is 6.34. The van der Waals surface area contributed by atoms with Gasteiger partial charge in [0.1, 0.15) is 0 Å². The molecule has 0 saturated heterocycles. The smallest absolute Gasteiger partial charge is 0.227 e. The molecule has 1 rings (SSSR count). The summed E-state index contributed by atoms with van der Waals surface area (Å²) in [7, 11) is 1.69. The number of benzene rings is 1. The van der Waals surface area contributed by atoms with E-state index in [0.29, 0.717) is 13.0 Å². The second-order valence-corrected chi connectivity index (χ2v) is 5.07. The molecule has 1 amide bonds. The second kappa shape index (κ2) is 8.05. The maximum atomic E-state index is 12.5. The molecule has 0 heterocycles. The first kappa shape index (κ1) is 16.7. The molecule has 20 heavy (non-hydrogen) atoms. The van der Waals surface area contributed by atoms with Gasteiger partial charge in [0.25, 0.3) is 0 Å². The predicted octanol–water partition coefficient (Wildman–Crippen LogP) is 3.73. The highest BCUT2D eigenvalue weighted by Crippen LogP contribution is 2.29. The monoisotopic (exact) mass is 277 g/mol. The Bertz CT molecular complexity index is 443. The van der Waals surface area contributed by atoms with Gasteiger partial charge in [-0.15, -0.1) is 0 Å². The molecule has 0 aliphatic heterocycles. The topological polar surface area (TPSA) is 29.5 Å². The van der Waals surface area contributed by atoms with E-state index in [0.717, 1.165) is 24.1 Å². The van der Waals surface area contributed by atoms with Crippen LogP contribution in [-0.4, -0.2) is 25.7 Å². The maximum absolute atomic E-state index is 12.5. The van der Waals surface area contributed by atoms with Crippen LogP contribution in [0.4, 0.5) is 5.69 Å². The number of nitrogens with zero attached hydrogens (tertiary/aromatic N) is 1. The minimum atomic E-state index is 0.0962. The molecule has 1 atom stereocenters. The van der Waals surface area contributed by atoms with Gasteiger partial charge < -0.3 is 9.64 Å². The number of hydrogen-bond donors (Lipinski definition) is 0. The summed E-state index contributed by atoms with van der Waals surface area (Å²) in [6.45, 7) is 8.79. The van der Waals surface area contributed by atoms with Crippen LogP contribution in [0.3, 0.4) is 0 Å². The zero-order chi connectivity index (χ0) is 15.1. The normalized spacial score (nSPS) is 12.2. The number of para-hydroxylation sites is 1. The van der Waals surface area contributed by atoms with E-state index in [-0.39, 0.29) is 11.9 Å². The van der Waals surface area contributed by atoms with Crippen molar-refractivity contribution < 1.29 is 9.53 Å². The molecular weight excluding hydrogens is 250 g/mol. The zero-order valence-electron chi connectivity index (χ0n) is 13.4. The van der Waals surface area contributed by atoms with Gasteiger partial charge in [-0.05, 0) is 30.9 Å². The second-order valence-electron chi connectivity index (χ2n) is 5.07. The summed E-state index contributed by atoms with van der Waals surface area (Å²) >= 11 is 0. The lowest BCUT2D eigenvalue weighted by Crippen LogP contribution is -2.43. The van der Waals surface area contributed by atoms with E-state index in [1.807, 2.05) is 11.8 Å². The van der Waals surface area contributed by atoms with Crippen molar-refractivity contribution in [2.45, 2.75) is 53.0 Å². The summed E-state index contributed by atoms with van der Waals surface area (Å²) in [6.07, 6.45) is 2.32. The molecule has 112 valence electrons. The summed E-state index contributed by atoms with van der Waals surface area (Å²) in [4.78, 5) is 14.4. The van der Waals surface area contributed by atoms with Crippen LogP contribution in [0.1, 0.15) is 44.7 Å². The van der Waals surface area contributed by atoms with Crippen LogP contribution in [-0.2, 0) is 16.0 Å². The van der Waals surface area contributed by atoms with Gasteiger partial charge in [-0.1, -0.05) is 39.0 Å². The van der Waals surface area contributed by atoms with Gasteiger partial charge in [0.2, 0.25) is 5.91 Å². The Morgan fingerprint density at radius 2 is 2.00 bits per heavy atom. The average Bonchev–Trinajstić information content (AvgIpc) is 2.47. The van der Waals surface area contributed by atoms with E-state index in [2.05, 4.69) is 39.0 Å². The number of hydrogen-bond acceptors (Lipinski definition) is 2. The van der Waals surface area contributed by atoms with Crippen molar-refractivity contribution in [2.24, 2.45) is 0 Å². The number of anilines is 1. The Morgan fingerprint density at radius 3 is 2.50 bits per heavy atom. The first-order valence-electron chi connectivity index (χ1n) is 7.50. The lowest BCUT2D eigenvalue weighted by atomic mass is 10.0. The first-order chi connectivity index (χ1) is 9.60. The van der Waals surface area contributed by atoms with Crippen molar-refractivity contribution >= 4 is 11.6 Å². The van der Waals surface area contributed by atoms with Crippen molar-refractivity contribution in [2.75, 3.05) is 18.6 Å². The molecule has 0 radical (unpaired) electrons. The molecule has 0 aliphatic carbocycles. The summed E-state index contributed by atoms with van der Waals surface area (Å²) in [5, 5.41) is 0. The van der Waals surface area contributed by atoms with Gasteiger partial charge in [-0.3, -0.25) is 4.79 Å². The minimum absolute atomic E-state index is 0.0962. The number of aryl methyl sites for hydroxylation is 2. The Morgan fingerprint density at radius 1 is 1.30 bits per heavy atom. The number of ether oxygens (including phenoxy) is 1. The number of methoxy groups -OCH3 is 1. The van der Waals surface area contributed by atoms with Gasteiger partial charge in [-0.25, -0.2) is 0 Å². The Kier molecular flexibility index (Phi) is 6.73. The maximum Gasteiger partial charge on any atom is 0.227 e. The molecule has 1 aromatic rings. The van der Waals surface area contributed by atoms with Crippen LogP contribution in [0.15, 0.2) is 18.2 Å². The van der Waals surface area contributed by atoms with E-state index in [4.69, 9.17) is 4.74 Å². The fourth-order valence-corrected chi connectivity index (χ4v) is 2.60. The van der Waals surface area contributed by atoms with E-state index < -0.39 is 0 Å². The number of carbonyl (C=O) groups excluding carboxylic acids is 1. The molecule has 0 N–H and O–H groups in total. The molecule has 1 unspecified atom stereocenters. The zero-order valence-corrected chi connectivity index (χ0v) is 13.4. The SMILES string of the molecule is CCC(=O)N(c1c(C)cccc1CC)C(CC)COC. The molecule has 0 fully saturated rings. The highest BCUT2D eigenvalue weighted by molar-refractivity contribution is 5.95. The van der Waals surface area contributed by atoms with Crippen molar-refractivity contribution in [3.05, 3.63) is 29.3 Å². The Labute approximate surface area is 122 Å². The molecule has 0 aliphatic rings. The lowest BCUT2D eigenvalue weighted by Gasteiger charge is -2.33. The van der Waals surface area contributed by atoms with Crippen LogP contribution in [0, 0.1) is 6.92 Å². The van der Waals surface area contributed by atoms with Crippen LogP contribution in [0.5, 0.6) is 0 Å². The third kappa shape index (κ3) is 3.60. The van der Waals surface area contributed by atoms with Crippen molar-refractivity contribution in [3.63, 3.8) is 0 Å². The third-order valence-electron chi connectivity index (χ3n) is 3.71. The van der Waals surface area contributed by atoms with Gasteiger partial charge >= 0.3 is 0 Å². The van der Waals surface area contributed by atoms with E-state index in [1.54, 1.807) is 7.11 Å². The first-order valence-corrected chi connectivity index (χ1v) is 7.50. The fraction of sp³-hybridized carbons (Fsp3) is 0.588. The van der Waals surface area contributed by atoms with Crippen LogP contribution in [0.25, 0.3) is 0 Å². The molecule has 0 aromatic heterocycles. The average molecular weight is 277 g/mol. The van der Waals surface area contributed by atoms with Gasteiger partial charge in [-0.2, -0.15) is 0 Å². The lowest BCUT2D eigenvalue weighted by molar-refractivity contribution is -0.119. The minimum Gasteiger partial charge on any atom is -0.383 e. The Hall–Kier alpha value is -1.35. The van der Waals surface area contributed by atoms with Gasteiger partial charge in [0, 0.05) is 13.5 Å². The summed E-state index contributed by atoms with van der Waals surface area (Å²) < 4.78 is 5.31. The Balaban J connectivity index is 3.33. The molecule has 1 aromatic carbocycles. The van der Waals surface area contributed by atoms with E-state index in [1.165, 1.54) is 5.56 Å². The highest BCUT2D eigenvalue weighted by atomic mass is 16.5. The van der Waals surface area contributed by atoms with E-state index >= 15 is 0 Å². The van der Waals surface area contributed by atoms with Gasteiger partial charge in [0.15, 0.2) is 0 Å². The summed E-state index contributed by atoms with van der Waals surface area (Å²) in [5.74, 6) is 0.165. The van der Waals surface area contributed by atoms with Gasteiger partial charge in [0.05, 0.1) is 18.3 Å². The number of rotatable bonds is 7. The highest BCUT2D eigenvalue weighted by Gasteiger charge is 2.25.